The number of carboxylic acids is 1. The van der Waals surface area contributed by atoms with Gasteiger partial charge >= 0.3 is 5.97 Å². The first-order chi connectivity index (χ1) is 19.4. The van der Waals surface area contributed by atoms with E-state index in [1.54, 1.807) is 67.0 Å². The summed E-state index contributed by atoms with van der Waals surface area (Å²) in [5, 5.41) is 9.13. The summed E-state index contributed by atoms with van der Waals surface area (Å²) in [6.45, 7) is 0.300. The fourth-order valence-electron chi connectivity index (χ4n) is 4.19. The number of rotatable bonds is 10. The van der Waals surface area contributed by atoms with E-state index in [-0.39, 0.29) is 23.5 Å². The Labute approximate surface area is 233 Å². The highest BCUT2D eigenvalue weighted by atomic mass is 32.2. The van der Waals surface area contributed by atoms with Gasteiger partial charge in [-0.05, 0) is 76.9 Å². The molecule has 200 valence electrons. The lowest BCUT2D eigenvalue weighted by atomic mass is 10.0. The van der Waals surface area contributed by atoms with Crippen molar-refractivity contribution in [3.05, 3.63) is 144 Å². The molecule has 40 heavy (non-hydrogen) atoms. The molecule has 0 saturated carbocycles. The molecule has 7 nitrogen and oxygen atoms in total. The summed E-state index contributed by atoms with van der Waals surface area (Å²) >= 11 is 0. The zero-order valence-corrected chi connectivity index (χ0v) is 22.2. The minimum absolute atomic E-state index is 0.150. The molecule has 0 spiro atoms. The first-order valence-corrected chi connectivity index (χ1v) is 14.0. The minimum atomic E-state index is -3.87. The van der Waals surface area contributed by atoms with Gasteiger partial charge < -0.3 is 9.84 Å². The predicted molar refractivity (Wildman–Crippen MR) is 152 cm³/mol. The van der Waals surface area contributed by atoms with E-state index >= 15 is 0 Å². The molecule has 8 heteroatoms. The second-order valence-corrected chi connectivity index (χ2v) is 11.0. The molecule has 5 rings (SSSR count). The molecule has 0 aliphatic carbocycles. The number of sulfonamides is 1. The molecule has 4 aromatic carbocycles. The molecule has 0 saturated heterocycles. The van der Waals surface area contributed by atoms with E-state index in [2.05, 4.69) is 4.98 Å². The number of aromatic carboxylic acids is 1. The third-order valence-corrected chi connectivity index (χ3v) is 8.11. The predicted octanol–water partition coefficient (Wildman–Crippen LogP) is 6.63. The molecule has 0 aliphatic rings. The second-order valence-electron chi connectivity index (χ2n) is 9.10. The van der Waals surface area contributed by atoms with Crippen LogP contribution >= 0.6 is 0 Å². The summed E-state index contributed by atoms with van der Waals surface area (Å²) in [6, 6.07) is 33.5. The van der Waals surface area contributed by atoms with Gasteiger partial charge in [0.15, 0.2) is 0 Å². The number of hydrogen-bond donors (Lipinski definition) is 1. The van der Waals surface area contributed by atoms with Crippen molar-refractivity contribution in [2.75, 3.05) is 0 Å². The molecule has 5 aromatic rings. The van der Waals surface area contributed by atoms with Crippen molar-refractivity contribution in [2.45, 2.75) is 18.0 Å². The number of carboxylic acid groups (broad SMARTS) is 1. The molecule has 1 heterocycles. The van der Waals surface area contributed by atoms with Crippen LogP contribution in [0.15, 0.2) is 133 Å². The monoisotopic (exact) mass is 550 g/mol. The molecule has 0 aliphatic heterocycles. The van der Waals surface area contributed by atoms with Crippen LogP contribution < -0.4 is 4.74 Å². The minimum Gasteiger partial charge on any atom is -0.478 e. The van der Waals surface area contributed by atoms with Gasteiger partial charge in [0.1, 0.15) is 11.5 Å². The zero-order chi connectivity index (χ0) is 28.0. The Bertz CT molecular complexity index is 1670. The molecule has 1 aromatic heterocycles. The van der Waals surface area contributed by atoms with Gasteiger partial charge in [-0.3, -0.25) is 4.98 Å². The number of nitrogens with zero attached hydrogens (tertiary/aromatic N) is 2. The van der Waals surface area contributed by atoms with Gasteiger partial charge in [0.25, 0.3) is 0 Å². The van der Waals surface area contributed by atoms with Crippen molar-refractivity contribution in [1.82, 2.24) is 9.29 Å². The van der Waals surface area contributed by atoms with Gasteiger partial charge in [-0.25, -0.2) is 13.2 Å². The van der Waals surface area contributed by atoms with Gasteiger partial charge in [-0.2, -0.15) is 4.31 Å². The number of aromatic nitrogens is 1. The molecule has 0 unspecified atom stereocenters. The molecule has 1 N–H and O–H groups in total. The van der Waals surface area contributed by atoms with E-state index in [1.165, 1.54) is 4.31 Å². The zero-order valence-electron chi connectivity index (χ0n) is 21.4. The quantitative estimate of drug-likeness (QED) is 0.210. The van der Waals surface area contributed by atoms with Gasteiger partial charge in [0.2, 0.25) is 10.0 Å². The first kappa shape index (κ1) is 26.8. The lowest BCUT2D eigenvalue weighted by molar-refractivity contribution is 0.0697. The molecule has 0 amide bonds. The van der Waals surface area contributed by atoms with Gasteiger partial charge in [-0.1, -0.05) is 60.7 Å². The second kappa shape index (κ2) is 11.9. The highest BCUT2D eigenvalue weighted by molar-refractivity contribution is 7.89. The van der Waals surface area contributed by atoms with Crippen LogP contribution in [-0.2, 0) is 23.1 Å². The van der Waals surface area contributed by atoms with Crippen molar-refractivity contribution in [3.63, 3.8) is 0 Å². The highest BCUT2D eigenvalue weighted by Gasteiger charge is 2.25. The molecular weight excluding hydrogens is 524 g/mol. The molecule has 0 atom stereocenters. The third-order valence-electron chi connectivity index (χ3n) is 6.30. The number of hydrogen-bond acceptors (Lipinski definition) is 5. The highest BCUT2D eigenvalue weighted by Crippen LogP contribution is 2.27. The Morgan fingerprint density at radius 2 is 1.30 bits per heavy atom. The summed E-state index contributed by atoms with van der Waals surface area (Å²) in [6.07, 6.45) is 3.30. The number of benzene rings is 4. The molecule has 0 bridgehead atoms. The van der Waals surface area contributed by atoms with Crippen LogP contribution in [0.2, 0.25) is 0 Å². The summed E-state index contributed by atoms with van der Waals surface area (Å²) in [5.74, 6) is 0.226. The summed E-state index contributed by atoms with van der Waals surface area (Å²) in [5.41, 5.74) is 3.56. The average Bonchev–Trinajstić information content (AvgIpc) is 2.99. The van der Waals surface area contributed by atoms with Crippen molar-refractivity contribution in [3.8, 4) is 22.6 Å². The summed E-state index contributed by atoms with van der Waals surface area (Å²) < 4.78 is 34.8. The maximum Gasteiger partial charge on any atom is 0.335 e. The maximum absolute atomic E-state index is 13.8. The third kappa shape index (κ3) is 6.43. The molecule has 0 radical (unpaired) electrons. The van der Waals surface area contributed by atoms with E-state index in [1.807, 2.05) is 60.7 Å². The Morgan fingerprint density at radius 1 is 0.700 bits per heavy atom. The average molecular weight is 551 g/mol. The molecular formula is C32H26N2O5S. The van der Waals surface area contributed by atoms with E-state index in [0.717, 1.165) is 22.3 Å². The van der Waals surface area contributed by atoms with Crippen LogP contribution in [0, 0.1) is 0 Å². The smallest absolute Gasteiger partial charge is 0.335 e. The first-order valence-electron chi connectivity index (χ1n) is 12.5. The standard InChI is InChI=1S/C32H26N2O5S/c35-32(36)28-14-12-27(13-15-28)26-10-8-24(9-11-26)22-34(23-25-5-4-20-33-21-25)40(37,38)31-18-16-30(17-19-31)39-29-6-2-1-3-7-29/h1-21H,22-23H2,(H,35,36). The largest absolute Gasteiger partial charge is 0.478 e. The normalized spacial score (nSPS) is 11.3. The number of pyridine rings is 1. The Morgan fingerprint density at radius 3 is 1.90 bits per heavy atom. The fourth-order valence-corrected chi connectivity index (χ4v) is 5.60. The van der Waals surface area contributed by atoms with Crippen LogP contribution in [0.25, 0.3) is 11.1 Å². The topological polar surface area (TPSA) is 96.8 Å². The summed E-state index contributed by atoms with van der Waals surface area (Å²) in [7, 11) is -3.87. The van der Waals surface area contributed by atoms with Crippen molar-refractivity contribution in [1.29, 1.82) is 0 Å². The number of ether oxygens (including phenoxy) is 1. The van der Waals surface area contributed by atoms with E-state index < -0.39 is 16.0 Å². The Kier molecular flexibility index (Phi) is 8.00. The fraction of sp³-hybridized carbons (Fsp3) is 0.0625. The van der Waals surface area contributed by atoms with E-state index in [0.29, 0.717) is 11.5 Å². The van der Waals surface area contributed by atoms with Crippen LogP contribution in [0.5, 0.6) is 11.5 Å². The van der Waals surface area contributed by atoms with Crippen LogP contribution in [0.1, 0.15) is 21.5 Å². The Balaban J connectivity index is 1.38. The summed E-state index contributed by atoms with van der Waals surface area (Å²) in [4.78, 5) is 15.4. The van der Waals surface area contributed by atoms with Crippen LogP contribution in [0.3, 0.4) is 0 Å². The van der Waals surface area contributed by atoms with E-state index in [9.17, 15) is 13.2 Å². The van der Waals surface area contributed by atoms with Crippen molar-refractivity contribution < 1.29 is 23.1 Å². The van der Waals surface area contributed by atoms with E-state index in [4.69, 9.17) is 9.84 Å². The van der Waals surface area contributed by atoms with Crippen molar-refractivity contribution >= 4 is 16.0 Å². The van der Waals surface area contributed by atoms with Crippen molar-refractivity contribution in [2.24, 2.45) is 0 Å². The van der Waals surface area contributed by atoms with Gasteiger partial charge in [0, 0.05) is 25.5 Å². The van der Waals surface area contributed by atoms with Crippen LogP contribution in [0.4, 0.5) is 0 Å². The number of carbonyl (C=O) groups is 1. The van der Waals surface area contributed by atoms with Crippen LogP contribution in [-0.4, -0.2) is 28.8 Å². The van der Waals surface area contributed by atoms with Gasteiger partial charge in [-0.15, -0.1) is 0 Å². The SMILES string of the molecule is O=C(O)c1ccc(-c2ccc(CN(Cc3cccnc3)S(=O)(=O)c3ccc(Oc4ccccc4)cc3)cc2)cc1. The Hall–Kier alpha value is -4.79. The molecule has 0 fully saturated rings. The maximum atomic E-state index is 13.8. The van der Waals surface area contributed by atoms with Gasteiger partial charge in [0.05, 0.1) is 10.5 Å². The lowest BCUT2D eigenvalue weighted by Crippen LogP contribution is -2.30. The lowest BCUT2D eigenvalue weighted by Gasteiger charge is -2.23. The number of para-hydroxylation sites is 1.